The molecule has 3 rings (SSSR count). The second kappa shape index (κ2) is 7.40. The first-order valence-corrected chi connectivity index (χ1v) is 8.38. The molecule has 0 spiro atoms. The quantitative estimate of drug-likeness (QED) is 0.708. The van der Waals surface area contributed by atoms with Crippen molar-refractivity contribution in [2.45, 2.75) is 6.92 Å². The summed E-state index contributed by atoms with van der Waals surface area (Å²) < 4.78 is 18.3. The van der Waals surface area contributed by atoms with Gasteiger partial charge >= 0.3 is 5.97 Å². The van der Waals surface area contributed by atoms with E-state index in [1.807, 2.05) is 0 Å². The van der Waals surface area contributed by atoms with Crippen molar-refractivity contribution in [1.82, 2.24) is 9.97 Å². The minimum absolute atomic E-state index is 0.0184. The molecule has 0 bridgehead atoms. The summed E-state index contributed by atoms with van der Waals surface area (Å²) >= 11 is 1.07. The molecule has 3 aromatic rings. The van der Waals surface area contributed by atoms with Crippen molar-refractivity contribution in [2.24, 2.45) is 0 Å². The van der Waals surface area contributed by atoms with Gasteiger partial charge in [0.05, 0.1) is 12.0 Å². The van der Waals surface area contributed by atoms with E-state index in [1.54, 1.807) is 25.3 Å². The van der Waals surface area contributed by atoms with Crippen molar-refractivity contribution >= 4 is 28.3 Å². The molecular weight excluding hydrogens is 357 g/mol. The molecule has 26 heavy (non-hydrogen) atoms. The summed E-state index contributed by atoms with van der Waals surface area (Å²) in [6.07, 6.45) is 3.09. The summed E-state index contributed by atoms with van der Waals surface area (Å²) in [5.41, 5.74) is 1.65. The number of hydrogen-bond acceptors (Lipinski definition) is 6. The van der Waals surface area contributed by atoms with Crippen LogP contribution >= 0.6 is 11.3 Å². The molecule has 2 heterocycles. The Kier molecular flexibility index (Phi) is 5.04. The van der Waals surface area contributed by atoms with Crippen LogP contribution in [0.25, 0.3) is 10.4 Å². The number of nitrogens with zero attached hydrogens (tertiary/aromatic N) is 2. The summed E-state index contributed by atoms with van der Waals surface area (Å²) in [7, 11) is 1.23. The number of methoxy groups -OCH3 is 1. The highest BCUT2D eigenvalue weighted by molar-refractivity contribution is 7.19. The van der Waals surface area contributed by atoms with Crippen molar-refractivity contribution in [3.8, 4) is 10.4 Å². The van der Waals surface area contributed by atoms with Crippen molar-refractivity contribution in [3.05, 3.63) is 65.4 Å². The first-order chi connectivity index (χ1) is 12.5. The second-order valence-electron chi connectivity index (χ2n) is 5.34. The fourth-order valence-electron chi connectivity index (χ4n) is 2.33. The number of esters is 1. The van der Waals surface area contributed by atoms with Gasteiger partial charge in [-0.2, -0.15) is 0 Å². The van der Waals surface area contributed by atoms with Crippen LogP contribution < -0.4 is 5.32 Å². The van der Waals surface area contributed by atoms with Gasteiger partial charge in [-0.1, -0.05) is 23.5 Å². The predicted octanol–water partition coefficient (Wildman–Crippen LogP) is 3.69. The number of halogens is 1. The average molecular weight is 371 g/mol. The van der Waals surface area contributed by atoms with Gasteiger partial charge in [0, 0.05) is 18.0 Å². The first kappa shape index (κ1) is 17.7. The molecule has 0 aliphatic carbocycles. The molecule has 0 saturated heterocycles. The van der Waals surface area contributed by atoms with Gasteiger partial charge in [-0.3, -0.25) is 15.1 Å². The molecule has 1 amide bonds. The number of aryl methyl sites for hydroxylation is 1. The zero-order valence-electron chi connectivity index (χ0n) is 13.9. The molecule has 0 fully saturated rings. The molecule has 0 atom stereocenters. The van der Waals surface area contributed by atoms with Crippen molar-refractivity contribution < 1.29 is 18.7 Å². The van der Waals surface area contributed by atoms with Gasteiger partial charge in [-0.25, -0.2) is 14.2 Å². The molecule has 0 saturated carbocycles. The number of aromatic nitrogens is 2. The number of carbonyl (C=O) groups excluding carboxylic acids is 2. The van der Waals surface area contributed by atoms with Crippen LogP contribution in [0.5, 0.6) is 0 Å². The monoisotopic (exact) mass is 371 g/mol. The summed E-state index contributed by atoms with van der Waals surface area (Å²) in [5, 5.41) is 2.88. The van der Waals surface area contributed by atoms with E-state index < -0.39 is 11.8 Å². The van der Waals surface area contributed by atoms with Crippen LogP contribution in [-0.4, -0.2) is 29.0 Å². The van der Waals surface area contributed by atoms with Gasteiger partial charge in [-0.05, 0) is 36.2 Å². The van der Waals surface area contributed by atoms with E-state index in [2.05, 4.69) is 15.3 Å². The molecular formula is C18H14FN3O3S. The number of rotatable bonds is 4. The molecule has 0 unspecified atom stereocenters. The van der Waals surface area contributed by atoms with Gasteiger partial charge in [0.15, 0.2) is 10.8 Å². The largest absolute Gasteiger partial charge is 0.464 e. The number of amides is 1. The summed E-state index contributed by atoms with van der Waals surface area (Å²) in [6.45, 7) is 1.77. The second-order valence-corrected chi connectivity index (χ2v) is 6.34. The molecule has 0 aliphatic heterocycles. The zero-order chi connectivity index (χ0) is 18.7. The maximum Gasteiger partial charge on any atom is 0.358 e. The van der Waals surface area contributed by atoms with E-state index in [0.717, 1.165) is 11.3 Å². The van der Waals surface area contributed by atoms with Crippen LogP contribution in [0.2, 0.25) is 0 Å². The van der Waals surface area contributed by atoms with Crippen molar-refractivity contribution in [1.29, 1.82) is 0 Å². The lowest BCUT2D eigenvalue weighted by molar-refractivity contribution is 0.0595. The van der Waals surface area contributed by atoms with Crippen LogP contribution in [0.15, 0.2) is 42.7 Å². The highest BCUT2D eigenvalue weighted by atomic mass is 32.1. The lowest BCUT2D eigenvalue weighted by Gasteiger charge is -2.03. The topological polar surface area (TPSA) is 81.2 Å². The summed E-state index contributed by atoms with van der Waals surface area (Å²) in [6, 6.07) is 7.37. The molecule has 132 valence electrons. The van der Waals surface area contributed by atoms with Gasteiger partial charge in [0.25, 0.3) is 5.91 Å². The third-order valence-corrected chi connectivity index (χ3v) is 4.60. The van der Waals surface area contributed by atoms with Crippen LogP contribution in [0.1, 0.15) is 26.4 Å². The van der Waals surface area contributed by atoms with Gasteiger partial charge in [0.2, 0.25) is 0 Å². The minimum atomic E-state index is -0.666. The fourth-order valence-corrected chi connectivity index (χ4v) is 3.27. The van der Waals surface area contributed by atoms with Crippen molar-refractivity contribution in [3.63, 3.8) is 0 Å². The van der Waals surface area contributed by atoms with Gasteiger partial charge < -0.3 is 4.74 Å². The van der Waals surface area contributed by atoms with E-state index in [0.29, 0.717) is 21.6 Å². The van der Waals surface area contributed by atoms with E-state index in [-0.39, 0.29) is 16.7 Å². The molecule has 1 aromatic carbocycles. The third kappa shape index (κ3) is 3.60. The van der Waals surface area contributed by atoms with Gasteiger partial charge in [-0.15, -0.1) is 0 Å². The van der Waals surface area contributed by atoms with Gasteiger partial charge in [0.1, 0.15) is 5.82 Å². The maximum atomic E-state index is 13.5. The summed E-state index contributed by atoms with van der Waals surface area (Å²) in [4.78, 5) is 33.0. The standard InChI is InChI=1S/C18H14FN3O3S/c1-10-9-20-7-6-13(10)16(23)22-18-21-14(17(24)25-2)15(26-18)11-4-3-5-12(19)8-11/h3-9H,1-2H3,(H,21,22,23). The maximum absolute atomic E-state index is 13.5. The van der Waals surface area contributed by atoms with Crippen LogP contribution in [0.3, 0.4) is 0 Å². The molecule has 1 N–H and O–H groups in total. The number of anilines is 1. The number of benzene rings is 1. The Hall–Kier alpha value is -3.13. The first-order valence-electron chi connectivity index (χ1n) is 7.56. The Morgan fingerprint density at radius 3 is 2.77 bits per heavy atom. The van der Waals surface area contributed by atoms with Crippen LogP contribution in [0, 0.1) is 12.7 Å². The lowest BCUT2D eigenvalue weighted by atomic mass is 10.1. The molecule has 2 aromatic heterocycles. The van der Waals surface area contributed by atoms with E-state index in [4.69, 9.17) is 4.74 Å². The Balaban J connectivity index is 1.98. The SMILES string of the molecule is COC(=O)c1nc(NC(=O)c2ccncc2C)sc1-c1cccc(F)c1. The van der Waals surface area contributed by atoms with E-state index in [9.17, 15) is 14.0 Å². The number of pyridine rings is 1. The normalized spacial score (nSPS) is 10.4. The number of carbonyl (C=O) groups is 2. The van der Waals surface area contributed by atoms with Crippen molar-refractivity contribution in [2.75, 3.05) is 12.4 Å². The fraction of sp³-hybridized carbons (Fsp3) is 0.111. The molecule has 6 nitrogen and oxygen atoms in total. The predicted molar refractivity (Wildman–Crippen MR) is 95.8 cm³/mol. The Bertz CT molecular complexity index is 987. The van der Waals surface area contributed by atoms with Crippen LogP contribution in [0.4, 0.5) is 9.52 Å². The Morgan fingerprint density at radius 2 is 2.08 bits per heavy atom. The van der Waals surface area contributed by atoms with Crippen LogP contribution in [-0.2, 0) is 4.74 Å². The lowest BCUT2D eigenvalue weighted by Crippen LogP contribution is -2.13. The molecule has 8 heteroatoms. The highest BCUT2D eigenvalue weighted by Crippen LogP contribution is 2.34. The number of nitrogens with one attached hydrogen (secondary N) is 1. The Morgan fingerprint density at radius 1 is 1.27 bits per heavy atom. The number of hydrogen-bond donors (Lipinski definition) is 1. The summed E-state index contributed by atoms with van der Waals surface area (Å²) in [5.74, 6) is -1.48. The number of thiazole rings is 1. The van der Waals surface area contributed by atoms with E-state index in [1.165, 1.54) is 31.5 Å². The molecule has 0 radical (unpaired) electrons. The highest BCUT2D eigenvalue weighted by Gasteiger charge is 2.22. The molecule has 0 aliphatic rings. The Labute approximate surface area is 152 Å². The van der Waals surface area contributed by atoms with E-state index >= 15 is 0 Å². The third-order valence-electron chi connectivity index (χ3n) is 3.58. The number of ether oxygens (including phenoxy) is 1. The minimum Gasteiger partial charge on any atom is -0.464 e. The average Bonchev–Trinajstić information content (AvgIpc) is 3.05. The smallest absolute Gasteiger partial charge is 0.358 e. The zero-order valence-corrected chi connectivity index (χ0v) is 14.8.